The normalized spacial score (nSPS) is 14.2. The molecule has 14 heteroatoms. The fraction of sp³-hybridized carbons (Fsp3) is 0.368. The first-order valence-electron chi connectivity index (χ1n) is 10.0. The standard InChI is InChI=1S/C19H24N6O7S/c26-17(16-7-9-23-32-16)25(31-12-4-8-20-19-21-10-11-22-19)13-15(18(27)28)24-33(29,30)14-5-2-1-3-6-14/h1-3,5-7,9,15,24H,4,8,10-13H2,(H,27,28)(H2,20,21,22). The first kappa shape index (κ1) is 24.2. The maximum absolute atomic E-state index is 12.7. The molecule has 33 heavy (non-hydrogen) atoms. The van der Waals surface area contributed by atoms with Gasteiger partial charge in [-0.3, -0.25) is 19.4 Å². The van der Waals surface area contributed by atoms with Gasteiger partial charge in [0.15, 0.2) is 5.96 Å². The number of carbonyl (C=O) groups excluding carboxylic acids is 1. The number of sulfonamides is 1. The van der Waals surface area contributed by atoms with Gasteiger partial charge in [-0.25, -0.2) is 13.5 Å². The Morgan fingerprint density at radius 2 is 2.06 bits per heavy atom. The summed E-state index contributed by atoms with van der Waals surface area (Å²) in [6.45, 7) is 1.36. The lowest BCUT2D eigenvalue weighted by molar-refractivity contribution is -0.149. The van der Waals surface area contributed by atoms with Crippen LogP contribution in [0, 0.1) is 0 Å². The van der Waals surface area contributed by atoms with Crippen LogP contribution >= 0.6 is 0 Å². The minimum atomic E-state index is -4.16. The topological polar surface area (TPSA) is 175 Å². The zero-order valence-electron chi connectivity index (χ0n) is 17.5. The zero-order chi connectivity index (χ0) is 23.7. The Hall–Kier alpha value is -3.49. The maximum atomic E-state index is 12.7. The van der Waals surface area contributed by atoms with E-state index in [4.69, 9.17) is 9.36 Å². The third-order valence-corrected chi connectivity index (χ3v) is 5.89. The van der Waals surface area contributed by atoms with E-state index in [0.29, 0.717) is 25.5 Å². The van der Waals surface area contributed by atoms with Crippen molar-refractivity contribution in [2.24, 2.45) is 4.99 Å². The van der Waals surface area contributed by atoms with Gasteiger partial charge in [-0.05, 0) is 18.6 Å². The highest BCUT2D eigenvalue weighted by atomic mass is 32.2. The second-order valence-electron chi connectivity index (χ2n) is 6.84. The van der Waals surface area contributed by atoms with Gasteiger partial charge in [0.2, 0.25) is 15.8 Å². The van der Waals surface area contributed by atoms with Gasteiger partial charge < -0.3 is 20.3 Å². The number of nitrogens with one attached hydrogen (secondary N) is 3. The van der Waals surface area contributed by atoms with Crippen LogP contribution in [-0.2, 0) is 19.7 Å². The molecular weight excluding hydrogens is 456 g/mol. The van der Waals surface area contributed by atoms with E-state index >= 15 is 0 Å². The van der Waals surface area contributed by atoms with Gasteiger partial charge in [-0.2, -0.15) is 4.72 Å². The van der Waals surface area contributed by atoms with Crippen molar-refractivity contribution >= 4 is 27.9 Å². The van der Waals surface area contributed by atoms with E-state index in [1.807, 2.05) is 0 Å². The van der Waals surface area contributed by atoms with E-state index in [1.54, 1.807) is 6.07 Å². The van der Waals surface area contributed by atoms with E-state index in [2.05, 4.69) is 25.5 Å². The van der Waals surface area contributed by atoms with Crippen LogP contribution < -0.4 is 15.4 Å². The molecule has 1 atom stereocenters. The van der Waals surface area contributed by atoms with Crippen LogP contribution in [0.15, 0.2) is 57.0 Å². The molecule has 1 aromatic heterocycles. The summed E-state index contributed by atoms with van der Waals surface area (Å²) < 4.78 is 32.1. The van der Waals surface area contributed by atoms with Crippen LogP contribution in [0.3, 0.4) is 0 Å². The van der Waals surface area contributed by atoms with E-state index < -0.39 is 34.5 Å². The summed E-state index contributed by atoms with van der Waals surface area (Å²) in [5.41, 5.74) is 0. The molecule has 1 unspecified atom stereocenters. The monoisotopic (exact) mass is 480 g/mol. The molecule has 0 bridgehead atoms. The molecule has 0 fully saturated rings. The molecule has 1 aliphatic rings. The summed E-state index contributed by atoms with van der Waals surface area (Å²) in [5, 5.41) is 19.9. The van der Waals surface area contributed by atoms with Crippen molar-refractivity contribution in [3.63, 3.8) is 0 Å². The number of guanidine groups is 1. The van der Waals surface area contributed by atoms with Crippen molar-refractivity contribution < 1.29 is 32.5 Å². The van der Waals surface area contributed by atoms with E-state index in [-0.39, 0.29) is 17.3 Å². The predicted molar refractivity (Wildman–Crippen MR) is 115 cm³/mol. The van der Waals surface area contributed by atoms with Crippen LogP contribution in [0.5, 0.6) is 0 Å². The molecular formula is C19H24N6O7S. The Morgan fingerprint density at radius 3 is 2.70 bits per heavy atom. The Morgan fingerprint density at radius 1 is 1.27 bits per heavy atom. The predicted octanol–water partition coefficient (Wildman–Crippen LogP) is -0.581. The molecule has 2 heterocycles. The molecule has 1 amide bonds. The molecule has 2 aromatic rings. The highest BCUT2D eigenvalue weighted by molar-refractivity contribution is 7.89. The molecule has 4 N–H and O–H groups in total. The van der Waals surface area contributed by atoms with Gasteiger partial charge in [0, 0.05) is 19.2 Å². The van der Waals surface area contributed by atoms with E-state index in [9.17, 15) is 23.1 Å². The number of hydrogen-bond donors (Lipinski definition) is 4. The summed E-state index contributed by atoms with van der Waals surface area (Å²) in [7, 11) is -4.16. The number of rotatable bonds is 12. The molecule has 13 nitrogen and oxygen atoms in total. The van der Waals surface area contributed by atoms with E-state index in [0.717, 1.165) is 11.6 Å². The largest absolute Gasteiger partial charge is 0.480 e. The van der Waals surface area contributed by atoms with Gasteiger partial charge in [-0.15, -0.1) is 0 Å². The number of carbonyl (C=O) groups is 2. The second-order valence-corrected chi connectivity index (χ2v) is 8.55. The molecule has 178 valence electrons. The average Bonchev–Trinajstić information content (AvgIpc) is 3.52. The lowest BCUT2D eigenvalue weighted by Crippen LogP contribution is -2.50. The SMILES string of the molecule is O=C(O)C(CN(OCCCNC1=NCCN1)C(=O)c1ccno1)NS(=O)(=O)c1ccccc1. The van der Waals surface area contributed by atoms with Crippen LogP contribution in [0.4, 0.5) is 0 Å². The molecule has 0 aliphatic carbocycles. The molecule has 0 radical (unpaired) electrons. The summed E-state index contributed by atoms with van der Waals surface area (Å²) in [5.74, 6) is -1.80. The summed E-state index contributed by atoms with van der Waals surface area (Å²) in [6, 6.07) is 6.90. The fourth-order valence-corrected chi connectivity index (χ4v) is 4.00. The van der Waals surface area contributed by atoms with Gasteiger partial charge >= 0.3 is 11.9 Å². The van der Waals surface area contributed by atoms with Crippen LogP contribution in [0.2, 0.25) is 0 Å². The van der Waals surface area contributed by atoms with Crippen molar-refractivity contribution in [1.82, 2.24) is 25.6 Å². The van der Waals surface area contributed by atoms with Gasteiger partial charge in [-0.1, -0.05) is 23.4 Å². The minimum absolute atomic E-state index is 0.0396. The van der Waals surface area contributed by atoms with Crippen LogP contribution in [0.25, 0.3) is 0 Å². The zero-order valence-corrected chi connectivity index (χ0v) is 18.3. The summed E-state index contributed by atoms with van der Waals surface area (Å²) >= 11 is 0. The van der Waals surface area contributed by atoms with Crippen molar-refractivity contribution in [3.05, 3.63) is 48.4 Å². The van der Waals surface area contributed by atoms with Crippen LogP contribution in [0.1, 0.15) is 17.0 Å². The lowest BCUT2D eigenvalue weighted by atomic mass is 10.3. The molecule has 0 saturated heterocycles. The Labute approximate surface area is 189 Å². The van der Waals surface area contributed by atoms with E-state index in [1.165, 1.54) is 36.5 Å². The molecule has 3 rings (SSSR count). The number of aliphatic carboxylic acids is 1. The third kappa shape index (κ3) is 7.00. The molecule has 1 aromatic carbocycles. The smallest absolute Gasteiger partial charge is 0.323 e. The Kier molecular flexibility index (Phi) is 8.34. The van der Waals surface area contributed by atoms with Crippen molar-refractivity contribution in [3.8, 4) is 0 Å². The number of amides is 1. The molecule has 1 aliphatic heterocycles. The van der Waals surface area contributed by atoms with Crippen molar-refractivity contribution in [1.29, 1.82) is 0 Å². The number of nitrogens with zero attached hydrogens (tertiary/aromatic N) is 3. The quantitative estimate of drug-likeness (QED) is 0.227. The average molecular weight is 481 g/mol. The second kappa shape index (κ2) is 11.4. The fourth-order valence-electron chi connectivity index (χ4n) is 2.80. The third-order valence-electron chi connectivity index (χ3n) is 4.41. The lowest BCUT2D eigenvalue weighted by Gasteiger charge is -2.24. The van der Waals surface area contributed by atoms with Crippen LogP contribution in [-0.4, -0.2) is 80.4 Å². The Balaban J connectivity index is 1.65. The maximum Gasteiger partial charge on any atom is 0.323 e. The highest BCUT2D eigenvalue weighted by Crippen LogP contribution is 2.11. The summed E-state index contributed by atoms with van der Waals surface area (Å²) in [6.07, 6.45) is 1.70. The molecule has 0 spiro atoms. The molecule has 0 saturated carbocycles. The number of carboxylic acid groups (broad SMARTS) is 1. The number of aliphatic imine (C=N–C) groups is 1. The number of aromatic nitrogens is 1. The van der Waals surface area contributed by atoms with Gasteiger partial charge in [0.05, 0.1) is 30.8 Å². The first-order valence-corrected chi connectivity index (χ1v) is 11.5. The van der Waals surface area contributed by atoms with Crippen molar-refractivity contribution in [2.75, 3.05) is 32.8 Å². The first-order chi connectivity index (χ1) is 15.9. The number of hydroxylamine groups is 2. The van der Waals surface area contributed by atoms with Gasteiger partial charge in [0.25, 0.3) is 0 Å². The summed E-state index contributed by atoms with van der Waals surface area (Å²) in [4.78, 5) is 34.1. The number of carboxylic acids is 1. The number of hydrogen-bond acceptors (Lipinski definition) is 10. The Bertz CT molecular complexity index is 1060. The van der Waals surface area contributed by atoms with Crippen molar-refractivity contribution in [2.45, 2.75) is 17.4 Å². The van der Waals surface area contributed by atoms with Gasteiger partial charge in [0.1, 0.15) is 6.04 Å². The number of benzene rings is 1. The minimum Gasteiger partial charge on any atom is -0.480 e. The highest BCUT2D eigenvalue weighted by Gasteiger charge is 2.31.